The maximum absolute atomic E-state index is 13.3. The molecule has 152 valence electrons. The van der Waals surface area contributed by atoms with Crippen LogP contribution in [0.3, 0.4) is 0 Å². The SMILES string of the molecule is COc1ccc(-c2cn3c(=O)c(-c4ccccc4)nc-3c(Cc3ccccc3)[nH]2)cc1. The number of aromatic nitrogens is 3. The number of nitrogens with one attached hydrogen (secondary N) is 1. The quantitative estimate of drug-likeness (QED) is 0.449. The number of rotatable bonds is 5. The topological polar surface area (TPSA) is 59.9 Å². The maximum atomic E-state index is 13.3. The van der Waals surface area contributed by atoms with Gasteiger partial charge in [0.1, 0.15) is 11.4 Å². The molecule has 0 fully saturated rings. The predicted octanol–water partition coefficient (Wildman–Crippen LogP) is 4.93. The Hall–Kier alpha value is -4.12. The van der Waals surface area contributed by atoms with Gasteiger partial charge in [0, 0.05) is 18.2 Å². The first-order chi connectivity index (χ1) is 15.2. The van der Waals surface area contributed by atoms with Crippen molar-refractivity contribution in [1.29, 1.82) is 0 Å². The Labute approximate surface area is 180 Å². The van der Waals surface area contributed by atoms with Gasteiger partial charge in [-0.2, -0.15) is 0 Å². The van der Waals surface area contributed by atoms with E-state index in [1.807, 2.05) is 79.0 Å². The fraction of sp³-hybridized carbons (Fsp3) is 0.0769. The highest BCUT2D eigenvalue weighted by Gasteiger charge is 2.21. The number of hydrogen-bond donors (Lipinski definition) is 1. The number of hydrogen-bond acceptors (Lipinski definition) is 3. The highest BCUT2D eigenvalue weighted by atomic mass is 16.5. The van der Waals surface area contributed by atoms with Crippen LogP contribution < -0.4 is 10.3 Å². The van der Waals surface area contributed by atoms with Crippen LogP contribution in [0.5, 0.6) is 5.75 Å². The van der Waals surface area contributed by atoms with Crippen molar-refractivity contribution in [3.05, 3.63) is 113 Å². The van der Waals surface area contributed by atoms with E-state index in [4.69, 9.17) is 9.72 Å². The molecular weight excluding hydrogens is 386 g/mol. The minimum atomic E-state index is -0.126. The first-order valence-corrected chi connectivity index (χ1v) is 10.1. The second-order valence-corrected chi connectivity index (χ2v) is 7.36. The van der Waals surface area contributed by atoms with Crippen molar-refractivity contribution in [2.24, 2.45) is 0 Å². The van der Waals surface area contributed by atoms with Gasteiger partial charge in [0.05, 0.1) is 18.5 Å². The molecule has 0 spiro atoms. The number of aromatic amines is 1. The van der Waals surface area contributed by atoms with Gasteiger partial charge < -0.3 is 9.72 Å². The molecule has 0 aliphatic carbocycles. The van der Waals surface area contributed by atoms with Gasteiger partial charge in [-0.3, -0.25) is 9.36 Å². The van der Waals surface area contributed by atoms with Crippen LogP contribution in [0, 0.1) is 0 Å². The number of methoxy groups -OCH3 is 1. The van der Waals surface area contributed by atoms with Gasteiger partial charge in [-0.05, 0) is 35.4 Å². The second-order valence-electron chi connectivity index (χ2n) is 7.36. The smallest absolute Gasteiger partial charge is 0.282 e. The third-order valence-corrected chi connectivity index (χ3v) is 5.35. The van der Waals surface area contributed by atoms with Crippen LogP contribution in [0.15, 0.2) is 95.9 Å². The molecule has 3 aromatic rings. The monoisotopic (exact) mass is 407 g/mol. The molecule has 0 saturated carbocycles. The molecule has 5 heteroatoms. The highest BCUT2D eigenvalue weighted by Crippen LogP contribution is 2.26. The molecule has 0 unspecified atom stereocenters. The molecule has 0 atom stereocenters. The lowest BCUT2D eigenvalue weighted by Crippen LogP contribution is -2.16. The molecule has 31 heavy (non-hydrogen) atoms. The van der Waals surface area contributed by atoms with E-state index in [-0.39, 0.29) is 5.56 Å². The number of imidazole rings is 1. The van der Waals surface area contributed by atoms with Gasteiger partial charge in [0.25, 0.3) is 5.56 Å². The van der Waals surface area contributed by atoms with Crippen LogP contribution in [0.1, 0.15) is 11.3 Å². The summed E-state index contributed by atoms with van der Waals surface area (Å²) in [6.07, 6.45) is 2.46. The molecule has 2 heterocycles. The molecule has 0 amide bonds. The Bertz CT molecular complexity index is 1340. The number of fused-ring (bicyclic) bond motifs is 1. The Morgan fingerprint density at radius 2 is 1.55 bits per heavy atom. The van der Waals surface area contributed by atoms with Crippen molar-refractivity contribution in [2.45, 2.75) is 6.42 Å². The van der Waals surface area contributed by atoms with E-state index in [2.05, 4.69) is 17.1 Å². The lowest BCUT2D eigenvalue weighted by atomic mass is 10.1. The summed E-state index contributed by atoms with van der Waals surface area (Å²) in [4.78, 5) is 21.5. The Kier molecular flexibility index (Phi) is 4.84. The van der Waals surface area contributed by atoms with Crippen LogP contribution in [-0.2, 0) is 6.42 Å². The van der Waals surface area contributed by atoms with Gasteiger partial charge in [0.2, 0.25) is 0 Å². The Morgan fingerprint density at radius 3 is 2.23 bits per heavy atom. The molecule has 2 aliphatic rings. The fourth-order valence-electron chi connectivity index (χ4n) is 3.75. The fourth-order valence-corrected chi connectivity index (χ4v) is 3.75. The minimum absolute atomic E-state index is 0.126. The van der Waals surface area contributed by atoms with E-state index < -0.39 is 0 Å². The van der Waals surface area contributed by atoms with Crippen LogP contribution in [0.2, 0.25) is 0 Å². The average Bonchev–Trinajstić information content (AvgIpc) is 3.17. The zero-order chi connectivity index (χ0) is 21.2. The Morgan fingerprint density at radius 1 is 0.871 bits per heavy atom. The standard InChI is InChI=1S/C26H21N3O2/c1-31-21-14-12-19(13-15-21)23-17-29-25(22(27-23)16-18-8-4-2-5-9-18)28-24(26(29)30)20-10-6-3-7-11-20/h2-15,17,27H,16H2,1H3. The first-order valence-electron chi connectivity index (χ1n) is 10.1. The lowest BCUT2D eigenvalue weighted by Gasteiger charge is -2.13. The minimum Gasteiger partial charge on any atom is -0.497 e. The summed E-state index contributed by atoms with van der Waals surface area (Å²) in [6.45, 7) is 0. The number of benzene rings is 3. The normalized spacial score (nSPS) is 11.0. The van der Waals surface area contributed by atoms with Gasteiger partial charge in [-0.15, -0.1) is 0 Å². The van der Waals surface area contributed by atoms with Crippen molar-refractivity contribution >= 4 is 0 Å². The van der Waals surface area contributed by atoms with Crippen LogP contribution >= 0.6 is 0 Å². The van der Waals surface area contributed by atoms with E-state index >= 15 is 0 Å². The number of ether oxygens (including phenoxy) is 1. The zero-order valence-corrected chi connectivity index (χ0v) is 17.1. The second kappa shape index (κ2) is 7.95. The molecule has 0 aromatic heterocycles. The van der Waals surface area contributed by atoms with Crippen molar-refractivity contribution in [2.75, 3.05) is 7.11 Å². The summed E-state index contributed by atoms with van der Waals surface area (Å²) in [5, 5.41) is 0. The van der Waals surface area contributed by atoms with Crippen molar-refractivity contribution in [3.8, 4) is 34.1 Å². The van der Waals surface area contributed by atoms with Crippen molar-refractivity contribution < 1.29 is 4.74 Å². The molecule has 5 nitrogen and oxygen atoms in total. The number of nitrogens with zero attached hydrogens (tertiary/aromatic N) is 2. The molecule has 0 bridgehead atoms. The van der Waals surface area contributed by atoms with E-state index in [1.165, 1.54) is 0 Å². The highest BCUT2D eigenvalue weighted by molar-refractivity contribution is 5.65. The molecule has 3 aromatic carbocycles. The van der Waals surface area contributed by atoms with Crippen molar-refractivity contribution in [3.63, 3.8) is 0 Å². The predicted molar refractivity (Wildman–Crippen MR) is 122 cm³/mol. The van der Waals surface area contributed by atoms with E-state index in [1.54, 1.807) is 11.7 Å². The molecule has 2 aliphatic heterocycles. The lowest BCUT2D eigenvalue weighted by molar-refractivity contribution is 0.415. The number of H-pyrrole nitrogens is 1. The van der Waals surface area contributed by atoms with Gasteiger partial charge in [-0.25, -0.2) is 4.98 Å². The molecule has 0 radical (unpaired) electrons. The van der Waals surface area contributed by atoms with Gasteiger partial charge in [-0.1, -0.05) is 60.7 Å². The third kappa shape index (κ3) is 3.62. The third-order valence-electron chi connectivity index (χ3n) is 5.35. The van der Waals surface area contributed by atoms with Crippen LogP contribution in [-0.4, -0.2) is 21.6 Å². The largest absolute Gasteiger partial charge is 0.497 e. The Balaban J connectivity index is 1.70. The van der Waals surface area contributed by atoms with Gasteiger partial charge in [0.15, 0.2) is 5.82 Å². The molecule has 1 N–H and O–H groups in total. The summed E-state index contributed by atoms with van der Waals surface area (Å²) in [6, 6.07) is 27.5. The molecule has 0 saturated heterocycles. The van der Waals surface area contributed by atoms with E-state index in [0.717, 1.165) is 33.8 Å². The average molecular weight is 407 g/mol. The van der Waals surface area contributed by atoms with Crippen LogP contribution in [0.4, 0.5) is 0 Å². The summed E-state index contributed by atoms with van der Waals surface area (Å²) >= 11 is 0. The zero-order valence-electron chi connectivity index (χ0n) is 17.1. The van der Waals surface area contributed by atoms with E-state index in [0.29, 0.717) is 17.9 Å². The molecule has 5 rings (SSSR count). The summed E-state index contributed by atoms with van der Waals surface area (Å²) in [7, 11) is 1.64. The first kappa shape index (κ1) is 18.9. The maximum Gasteiger partial charge on any atom is 0.282 e. The van der Waals surface area contributed by atoms with Gasteiger partial charge >= 0.3 is 0 Å². The summed E-state index contributed by atoms with van der Waals surface area (Å²) in [5.74, 6) is 1.43. The summed E-state index contributed by atoms with van der Waals surface area (Å²) in [5.41, 5.74) is 4.98. The van der Waals surface area contributed by atoms with Crippen molar-refractivity contribution in [1.82, 2.24) is 14.5 Å². The molecular formula is C26H21N3O2. The van der Waals surface area contributed by atoms with Crippen LogP contribution in [0.25, 0.3) is 28.3 Å². The van der Waals surface area contributed by atoms with E-state index in [9.17, 15) is 4.79 Å². The summed E-state index contributed by atoms with van der Waals surface area (Å²) < 4.78 is 6.92.